The predicted molar refractivity (Wildman–Crippen MR) is 209 cm³/mol. The molecule has 2 heterocycles. The number of amides is 4. The Balaban J connectivity index is 2.38. The van der Waals surface area contributed by atoms with Crippen molar-refractivity contribution in [3.8, 4) is 0 Å². The van der Waals surface area contributed by atoms with Crippen LogP contribution in [0, 0.1) is 0 Å². The number of carboxylic acid groups (broad SMARTS) is 4. The van der Waals surface area contributed by atoms with Gasteiger partial charge in [-0.05, 0) is 12.8 Å². The second kappa shape index (κ2) is 25.3. The lowest BCUT2D eigenvalue weighted by Gasteiger charge is -2.23. The van der Waals surface area contributed by atoms with E-state index in [4.69, 9.17) is 31.9 Å². The molecule has 14 N–H and O–H groups in total. The molecule has 0 aromatic carbocycles. The van der Waals surface area contributed by atoms with Crippen molar-refractivity contribution in [3.63, 3.8) is 0 Å². The first-order valence-electron chi connectivity index (χ1n) is 17.6. The summed E-state index contributed by atoms with van der Waals surface area (Å²) in [6.45, 7) is -1.64. The van der Waals surface area contributed by atoms with Gasteiger partial charge in [-0.3, -0.25) is 62.7 Å². The van der Waals surface area contributed by atoms with Crippen LogP contribution in [0.1, 0.15) is 60.4 Å². The Bertz CT molecular complexity index is 1860. The van der Waals surface area contributed by atoms with Crippen molar-refractivity contribution in [1.82, 2.24) is 41.2 Å². The molecule has 0 radical (unpaired) electrons. The number of aromatic amines is 2. The van der Waals surface area contributed by atoms with Crippen LogP contribution in [0.3, 0.4) is 0 Å². The molecule has 328 valence electrons. The van der Waals surface area contributed by atoms with E-state index in [1.807, 2.05) is 0 Å². The van der Waals surface area contributed by atoms with Crippen LogP contribution in [-0.4, -0.2) is 142 Å². The van der Waals surface area contributed by atoms with Gasteiger partial charge in [0.1, 0.15) is 43.0 Å². The molecule has 60 heavy (non-hydrogen) atoms. The van der Waals surface area contributed by atoms with Crippen molar-refractivity contribution in [2.24, 2.45) is 11.5 Å². The van der Waals surface area contributed by atoms with E-state index in [0.29, 0.717) is 0 Å². The van der Waals surface area contributed by atoms with E-state index in [9.17, 15) is 52.7 Å². The lowest BCUT2D eigenvalue weighted by molar-refractivity contribution is -0.140. The molecule has 6 atom stereocenters. The molecule has 2 aromatic heterocycles. The van der Waals surface area contributed by atoms with Gasteiger partial charge in [-0.25, -0.2) is 0 Å². The van der Waals surface area contributed by atoms with Crippen molar-refractivity contribution in [2.45, 2.75) is 73.2 Å². The van der Waals surface area contributed by atoms with E-state index in [2.05, 4.69) is 41.2 Å². The number of nitrogens with one attached hydrogen (secondary N) is 6. The van der Waals surface area contributed by atoms with E-state index >= 15 is 0 Å². The van der Waals surface area contributed by atoms with E-state index in [-0.39, 0.29) is 35.7 Å². The zero-order valence-corrected chi connectivity index (χ0v) is 33.1. The molecule has 0 saturated heterocycles. The average molecular weight is 885 g/mol. The number of carbonyl (C=O) groups excluding carboxylic acids is 5. The Hall–Kier alpha value is -6.19. The fourth-order valence-corrected chi connectivity index (χ4v) is 7.37. The third-order valence-corrected chi connectivity index (χ3v) is 10.6. The molecule has 27 heteroatoms. The first-order chi connectivity index (χ1) is 28.2. The number of carbonyl (C=O) groups is 9. The third kappa shape index (κ3) is 19.0. The van der Waals surface area contributed by atoms with Gasteiger partial charge >= 0.3 is 23.9 Å². The Labute approximate surface area is 347 Å². The van der Waals surface area contributed by atoms with Gasteiger partial charge in [0.25, 0.3) is 11.1 Å². The molecule has 2 unspecified atom stereocenters. The molecule has 0 bridgehead atoms. The number of H-pyrrole nitrogens is 2. The fraction of sp³-hybridized carbons (Fsp3) is 0.485. The summed E-state index contributed by atoms with van der Waals surface area (Å²) in [4.78, 5) is 147. The number of aromatic nitrogens is 4. The fourth-order valence-electron chi connectivity index (χ4n) is 4.84. The van der Waals surface area contributed by atoms with Gasteiger partial charge in [-0.2, -0.15) is 0 Å². The summed E-state index contributed by atoms with van der Waals surface area (Å²) in [6.07, 6.45) is 2.13. The molecule has 0 aliphatic heterocycles. The van der Waals surface area contributed by atoms with Gasteiger partial charge in [-0.1, -0.05) is 0 Å². The van der Waals surface area contributed by atoms with Crippen molar-refractivity contribution in [1.29, 1.82) is 0 Å². The van der Waals surface area contributed by atoms with Crippen LogP contribution in [0.25, 0.3) is 0 Å². The van der Waals surface area contributed by atoms with Gasteiger partial charge in [0.15, 0.2) is 0 Å². The maximum absolute atomic E-state index is 13.9. The number of nitrogens with two attached hydrogens (primary N) is 2. The van der Waals surface area contributed by atoms with Crippen molar-refractivity contribution in [3.05, 3.63) is 56.9 Å². The number of ketones is 1. The minimum absolute atomic E-state index is 0.101. The number of hydrogen-bond donors (Lipinski definition) is 12. The lowest BCUT2D eigenvalue weighted by Crippen LogP contribution is -2.49. The van der Waals surface area contributed by atoms with Crippen molar-refractivity contribution < 1.29 is 63.6 Å². The number of nitrogens with zero attached hydrogens (tertiary/aromatic N) is 2. The molecular weight excluding hydrogens is 841 g/mol. The zero-order chi connectivity index (χ0) is 44.9. The van der Waals surface area contributed by atoms with Gasteiger partial charge in [0.2, 0.25) is 23.6 Å². The summed E-state index contributed by atoms with van der Waals surface area (Å²) in [7, 11) is 0. The minimum atomic E-state index is -1.44. The largest absolute Gasteiger partial charge is 0.480 e. The first kappa shape index (κ1) is 50.0. The maximum atomic E-state index is 13.9. The van der Waals surface area contributed by atoms with Gasteiger partial charge in [-0.15, -0.1) is 23.5 Å². The van der Waals surface area contributed by atoms with Gasteiger partial charge in [0, 0.05) is 61.0 Å². The Morgan fingerprint density at radius 1 is 0.617 bits per heavy atom. The van der Waals surface area contributed by atoms with Crippen LogP contribution in [0.4, 0.5) is 0 Å². The number of rotatable bonds is 28. The molecule has 2 aromatic rings. The summed E-state index contributed by atoms with van der Waals surface area (Å²) in [5.74, 6) is -10.2. The predicted octanol–water partition coefficient (Wildman–Crippen LogP) is -3.79. The number of hydrogen-bond acceptors (Lipinski definition) is 17. The van der Waals surface area contributed by atoms with Crippen LogP contribution in [0.5, 0.6) is 0 Å². The molecule has 0 aliphatic rings. The molecule has 0 spiro atoms. The smallest absolute Gasteiger partial charge is 0.322 e. The molecule has 0 saturated carbocycles. The van der Waals surface area contributed by atoms with Crippen LogP contribution >= 0.6 is 23.5 Å². The van der Waals surface area contributed by atoms with Crippen LogP contribution in [-0.2, 0) is 43.2 Å². The highest BCUT2D eigenvalue weighted by Crippen LogP contribution is 2.36. The van der Waals surface area contributed by atoms with Crippen LogP contribution < -0.4 is 43.9 Å². The van der Waals surface area contributed by atoms with Gasteiger partial charge in [0.05, 0.1) is 22.9 Å². The Morgan fingerprint density at radius 3 is 1.30 bits per heavy atom. The van der Waals surface area contributed by atoms with E-state index in [1.165, 1.54) is 12.4 Å². The molecular formula is C33H44N10O15S2. The summed E-state index contributed by atoms with van der Waals surface area (Å²) >= 11 is 1.76. The number of carboxylic acids is 4. The first-order valence-corrected chi connectivity index (χ1v) is 19.7. The summed E-state index contributed by atoms with van der Waals surface area (Å²) < 4.78 is 0. The molecule has 0 fully saturated rings. The summed E-state index contributed by atoms with van der Waals surface area (Å²) in [5.41, 5.74) is 9.80. The lowest BCUT2D eigenvalue weighted by atomic mass is 10.1. The SMILES string of the molecule is N[C@H](CCC(=O)N[C@@H](CSC(CC(=O)CC(SC[C@H](NC(=O)CC[C@H](N)C(=O)O)C(=O)NCC(=O)O)c1cncc(=O)[nH]1)c1cncc(=O)[nH]1)C(=O)NCC(=O)O)C(=O)O. The van der Waals surface area contributed by atoms with E-state index in [1.54, 1.807) is 0 Å². The quantitative estimate of drug-likeness (QED) is 0.0390. The summed E-state index contributed by atoms with van der Waals surface area (Å²) in [6, 6.07) is -5.65. The highest BCUT2D eigenvalue weighted by molar-refractivity contribution is 7.99. The van der Waals surface area contributed by atoms with E-state index < -0.39 is 138 Å². The zero-order valence-electron chi connectivity index (χ0n) is 31.5. The number of aliphatic carboxylic acids is 4. The topological polar surface area (TPSA) is 426 Å². The molecule has 25 nitrogen and oxygen atoms in total. The molecule has 4 amide bonds. The van der Waals surface area contributed by atoms with Crippen LogP contribution in [0.15, 0.2) is 34.4 Å². The highest BCUT2D eigenvalue weighted by atomic mass is 32.2. The average Bonchev–Trinajstić information content (AvgIpc) is 3.18. The monoisotopic (exact) mass is 884 g/mol. The van der Waals surface area contributed by atoms with Crippen molar-refractivity contribution in [2.75, 3.05) is 24.6 Å². The standard InChI is InChI=1S/C33H44N10O15S2/c34-16(32(55)56)1-3-24(45)42-20(30(53)38-11-28(49)50)13-59-22(18-7-36-9-26(47)40-18)5-15(44)6-23(19-8-37-10-27(48)41-19)60-14-21(31(54)39-12-29(51)52)43-25(46)4-2-17(35)33(57)58/h7-10,16-17,20-23H,1-6,11-14,34-35H2,(H,38,53)(H,39,54)(H,40,47)(H,41,48)(H,42,45)(H,43,46)(H,49,50)(H,51,52)(H,55,56)(H,57,58)/t16-,17+,20-,21-,22?,23?/m0/s1. The Kier molecular flexibility index (Phi) is 21.1. The second-order valence-electron chi connectivity index (χ2n) is 12.7. The summed E-state index contributed by atoms with van der Waals surface area (Å²) in [5, 5.41) is 43.2. The maximum Gasteiger partial charge on any atom is 0.322 e. The number of Topliss-reactive ketones (excluding diaryl/α,β-unsaturated/α-hetero) is 1. The third-order valence-electron chi connectivity index (χ3n) is 7.92. The van der Waals surface area contributed by atoms with Gasteiger partial charge < -0.3 is 63.1 Å². The minimum Gasteiger partial charge on any atom is -0.480 e. The second-order valence-corrected chi connectivity index (χ2v) is 15.2. The van der Waals surface area contributed by atoms with Crippen LogP contribution in [0.2, 0.25) is 0 Å². The molecule has 2 rings (SSSR count). The normalized spacial score (nSPS) is 13.9. The number of thioether (sulfide) groups is 2. The van der Waals surface area contributed by atoms with E-state index in [0.717, 1.165) is 35.9 Å². The highest BCUT2D eigenvalue weighted by Gasteiger charge is 2.30. The molecule has 0 aliphatic carbocycles. The van der Waals surface area contributed by atoms with Crippen molar-refractivity contribution >= 4 is 76.8 Å². The Morgan fingerprint density at radius 2 is 0.983 bits per heavy atom.